The molecule has 4 nitrogen and oxygen atoms in total. The Hall–Kier alpha value is -1.26. The molecule has 112 valence electrons. The Morgan fingerprint density at radius 2 is 2.15 bits per heavy atom. The van der Waals surface area contributed by atoms with E-state index in [-0.39, 0.29) is 11.8 Å². The number of halogens is 1. The van der Waals surface area contributed by atoms with Crippen molar-refractivity contribution in [2.75, 3.05) is 19.0 Å². The number of carbonyl (C=O) groups excluding carboxylic acids is 1. The zero-order valence-electron chi connectivity index (χ0n) is 12.3. The van der Waals surface area contributed by atoms with E-state index in [0.717, 1.165) is 6.42 Å². The van der Waals surface area contributed by atoms with Crippen molar-refractivity contribution in [2.24, 2.45) is 17.6 Å². The number of ether oxygens (including phenoxy) is 1. The maximum Gasteiger partial charge on any atom is 0.224 e. The Morgan fingerprint density at radius 1 is 1.45 bits per heavy atom. The molecule has 0 saturated heterocycles. The first kappa shape index (κ1) is 16.8. The van der Waals surface area contributed by atoms with Gasteiger partial charge in [0.05, 0.1) is 17.8 Å². The largest absolute Gasteiger partial charge is 0.497 e. The van der Waals surface area contributed by atoms with E-state index in [1.165, 1.54) is 0 Å². The minimum absolute atomic E-state index is 0.0729. The Bertz CT molecular complexity index is 449. The second-order valence-electron chi connectivity index (χ2n) is 5.33. The van der Waals surface area contributed by atoms with Crippen LogP contribution < -0.4 is 15.8 Å². The van der Waals surface area contributed by atoms with Crippen molar-refractivity contribution >= 4 is 23.2 Å². The van der Waals surface area contributed by atoms with Crippen LogP contribution in [0.1, 0.15) is 26.7 Å². The van der Waals surface area contributed by atoms with Gasteiger partial charge in [-0.3, -0.25) is 4.79 Å². The van der Waals surface area contributed by atoms with Crippen molar-refractivity contribution in [1.82, 2.24) is 0 Å². The number of methoxy groups -OCH3 is 1. The zero-order valence-corrected chi connectivity index (χ0v) is 13.0. The van der Waals surface area contributed by atoms with Crippen LogP contribution in [-0.2, 0) is 4.79 Å². The Balaban J connectivity index is 2.65. The maximum absolute atomic E-state index is 12.0. The lowest BCUT2D eigenvalue weighted by Crippen LogP contribution is -2.23. The third-order valence-corrected chi connectivity index (χ3v) is 3.39. The van der Waals surface area contributed by atoms with E-state index in [0.29, 0.717) is 35.3 Å². The molecule has 5 heteroatoms. The predicted molar refractivity (Wildman–Crippen MR) is 83.3 cm³/mol. The number of nitrogens with two attached hydrogens (primary N) is 1. The summed E-state index contributed by atoms with van der Waals surface area (Å²) in [6.07, 6.45) is 1.35. The molecule has 20 heavy (non-hydrogen) atoms. The Morgan fingerprint density at radius 3 is 2.70 bits per heavy atom. The van der Waals surface area contributed by atoms with E-state index in [1.807, 2.05) is 0 Å². The molecule has 0 fully saturated rings. The number of amides is 1. The van der Waals surface area contributed by atoms with Crippen LogP contribution >= 0.6 is 11.6 Å². The van der Waals surface area contributed by atoms with Gasteiger partial charge in [0.2, 0.25) is 5.91 Å². The average molecular weight is 299 g/mol. The molecular formula is C15H23ClN2O2. The molecule has 1 aromatic carbocycles. The zero-order chi connectivity index (χ0) is 15.1. The lowest BCUT2D eigenvalue weighted by atomic mass is 9.94. The van der Waals surface area contributed by atoms with Gasteiger partial charge in [-0.05, 0) is 36.9 Å². The summed E-state index contributed by atoms with van der Waals surface area (Å²) in [7, 11) is 1.57. The van der Waals surface area contributed by atoms with Gasteiger partial charge in [0, 0.05) is 12.5 Å². The molecule has 0 heterocycles. The van der Waals surface area contributed by atoms with E-state index in [9.17, 15) is 4.79 Å². The minimum atomic E-state index is -0.0729. The lowest BCUT2D eigenvalue weighted by Gasteiger charge is -2.17. The Labute approximate surface area is 125 Å². The van der Waals surface area contributed by atoms with Gasteiger partial charge in [0.15, 0.2) is 0 Å². The van der Waals surface area contributed by atoms with E-state index in [4.69, 9.17) is 22.1 Å². The molecule has 0 aliphatic heterocycles. The molecule has 3 N–H and O–H groups in total. The summed E-state index contributed by atoms with van der Waals surface area (Å²) in [5, 5.41) is 3.31. The number of carbonyl (C=O) groups is 1. The van der Waals surface area contributed by atoms with Gasteiger partial charge in [0.25, 0.3) is 0 Å². The summed E-state index contributed by atoms with van der Waals surface area (Å²) in [4.78, 5) is 12.0. The molecule has 0 saturated carbocycles. The number of nitrogens with one attached hydrogen (secondary N) is 1. The predicted octanol–water partition coefficient (Wildman–Crippen LogP) is 3.30. The van der Waals surface area contributed by atoms with Crippen LogP contribution in [0.2, 0.25) is 5.02 Å². The first-order chi connectivity index (χ1) is 9.46. The third-order valence-electron chi connectivity index (χ3n) is 3.06. The molecule has 1 unspecified atom stereocenters. The van der Waals surface area contributed by atoms with Crippen molar-refractivity contribution in [3.05, 3.63) is 23.2 Å². The van der Waals surface area contributed by atoms with Gasteiger partial charge >= 0.3 is 0 Å². The lowest BCUT2D eigenvalue weighted by molar-refractivity contribution is -0.117. The van der Waals surface area contributed by atoms with Crippen molar-refractivity contribution in [1.29, 1.82) is 0 Å². The quantitative estimate of drug-likeness (QED) is 0.812. The van der Waals surface area contributed by atoms with Crippen molar-refractivity contribution < 1.29 is 9.53 Å². The molecule has 1 aromatic rings. The van der Waals surface area contributed by atoms with Crippen molar-refractivity contribution in [2.45, 2.75) is 26.7 Å². The highest BCUT2D eigenvalue weighted by atomic mass is 35.5. The third kappa shape index (κ3) is 5.39. The number of hydrogen-bond donors (Lipinski definition) is 2. The first-order valence-corrected chi connectivity index (χ1v) is 7.17. The molecule has 1 atom stereocenters. The van der Waals surface area contributed by atoms with E-state index in [2.05, 4.69) is 19.2 Å². The van der Waals surface area contributed by atoms with E-state index < -0.39 is 0 Å². The Kier molecular flexibility index (Phi) is 6.82. The molecule has 0 bridgehead atoms. The number of benzene rings is 1. The minimum Gasteiger partial charge on any atom is -0.497 e. The number of rotatable bonds is 7. The molecule has 0 aromatic heterocycles. The summed E-state index contributed by atoms with van der Waals surface area (Å²) in [5.74, 6) is 1.30. The van der Waals surface area contributed by atoms with Gasteiger partial charge in [-0.1, -0.05) is 25.4 Å². The highest BCUT2D eigenvalue weighted by Crippen LogP contribution is 2.27. The standard InChI is InChI=1S/C15H23ClN2O2/c1-10(2)6-11(9-17)7-15(19)18-14-8-12(20-3)4-5-13(14)16/h4-5,8,10-11H,6-7,9,17H2,1-3H3,(H,18,19). The summed E-state index contributed by atoms with van der Waals surface area (Å²) in [6.45, 7) is 4.76. The van der Waals surface area contributed by atoms with Crippen LogP contribution in [0.3, 0.4) is 0 Å². The number of anilines is 1. The highest BCUT2D eigenvalue weighted by molar-refractivity contribution is 6.33. The van der Waals surface area contributed by atoms with Crippen LogP contribution in [0, 0.1) is 11.8 Å². The summed E-state index contributed by atoms with van der Waals surface area (Å²) < 4.78 is 5.12. The van der Waals surface area contributed by atoms with Crippen molar-refractivity contribution in [3.63, 3.8) is 0 Å². The van der Waals surface area contributed by atoms with Gasteiger partial charge in [0.1, 0.15) is 5.75 Å². The SMILES string of the molecule is COc1ccc(Cl)c(NC(=O)CC(CN)CC(C)C)c1. The van der Waals surface area contributed by atoms with Gasteiger partial charge in [-0.2, -0.15) is 0 Å². The van der Waals surface area contributed by atoms with Crippen LogP contribution in [0.25, 0.3) is 0 Å². The molecular weight excluding hydrogens is 276 g/mol. The molecule has 0 aliphatic carbocycles. The second kappa shape index (κ2) is 8.12. The number of hydrogen-bond acceptors (Lipinski definition) is 3. The maximum atomic E-state index is 12.0. The van der Waals surface area contributed by atoms with Gasteiger partial charge in [-0.15, -0.1) is 0 Å². The summed E-state index contributed by atoms with van der Waals surface area (Å²) >= 11 is 6.06. The van der Waals surface area contributed by atoms with Crippen LogP contribution in [0.15, 0.2) is 18.2 Å². The normalized spacial score (nSPS) is 12.3. The molecule has 0 aliphatic rings. The van der Waals surface area contributed by atoms with E-state index in [1.54, 1.807) is 25.3 Å². The summed E-state index contributed by atoms with van der Waals surface area (Å²) in [6, 6.07) is 5.16. The monoisotopic (exact) mass is 298 g/mol. The average Bonchev–Trinajstić information content (AvgIpc) is 2.40. The van der Waals surface area contributed by atoms with Crippen LogP contribution in [0.5, 0.6) is 5.75 Å². The molecule has 0 radical (unpaired) electrons. The fourth-order valence-corrected chi connectivity index (χ4v) is 2.28. The van der Waals surface area contributed by atoms with Gasteiger partial charge < -0.3 is 15.8 Å². The molecule has 1 amide bonds. The fraction of sp³-hybridized carbons (Fsp3) is 0.533. The van der Waals surface area contributed by atoms with Gasteiger partial charge in [-0.25, -0.2) is 0 Å². The smallest absolute Gasteiger partial charge is 0.224 e. The first-order valence-electron chi connectivity index (χ1n) is 6.79. The molecule has 1 rings (SSSR count). The van der Waals surface area contributed by atoms with Crippen molar-refractivity contribution in [3.8, 4) is 5.75 Å². The summed E-state index contributed by atoms with van der Waals surface area (Å²) in [5.41, 5.74) is 6.28. The second-order valence-corrected chi connectivity index (χ2v) is 5.74. The van der Waals surface area contributed by atoms with Crippen LogP contribution in [-0.4, -0.2) is 19.6 Å². The fourth-order valence-electron chi connectivity index (χ4n) is 2.12. The van der Waals surface area contributed by atoms with E-state index >= 15 is 0 Å². The highest BCUT2D eigenvalue weighted by Gasteiger charge is 2.15. The topological polar surface area (TPSA) is 64.3 Å². The molecule has 0 spiro atoms. The van der Waals surface area contributed by atoms with Crippen LogP contribution in [0.4, 0.5) is 5.69 Å².